The topological polar surface area (TPSA) is 76.4 Å². The van der Waals surface area contributed by atoms with Crippen LogP contribution in [0.15, 0.2) is 40.7 Å². The number of thioether (sulfide) groups is 1. The molecule has 1 unspecified atom stereocenters. The zero-order chi connectivity index (χ0) is 23.3. The van der Waals surface area contributed by atoms with E-state index in [1.54, 1.807) is 19.9 Å². The molecule has 4 N–H and O–H groups in total. The molecule has 0 bridgehead atoms. The Bertz CT molecular complexity index is 720. The maximum absolute atomic E-state index is 13.3. The van der Waals surface area contributed by atoms with Gasteiger partial charge in [0.15, 0.2) is 0 Å². The minimum absolute atomic E-state index is 0.0379. The van der Waals surface area contributed by atoms with E-state index in [4.69, 9.17) is 10.5 Å². The van der Waals surface area contributed by atoms with Crippen LogP contribution in [0.5, 0.6) is 0 Å². The van der Waals surface area contributed by atoms with Gasteiger partial charge in [-0.1, -0.05) is 44.7 Å². The molecule has 1 rings (SSSR count). The minimum atomic E-state index is -4.57. The minimum Gasteiger partial charge on any atom is -0.383 e. The van der Waals surface area contributed by atoms with Crippen molar-refractivity contribution < 1.29 is 22.7 Å². The zero-order valence-electron chi connectivity index (χ0n) is 18.2. The number of rotatable bonds is 9. The Morgan fingerprint density at radius 3 is 2.43 bits per heavy atom. The molecule has 0 aromatic heterocycles. The van der Waals surface area contributed by atoms with Crippen molar-refractivity contribution in [3.05, 3.63) is 46.2 Å². The van der Waals surface area contributed by atoms with Crippen LogP contribution in [0, 0.1) is 0 Å². The molecule has 1 aromatic rings. The van der Waals surface area contributed by atoms with Gasteiger partial charge >= 0.3 is 6.18 Å². The van der Waals surface area contributed by atoms with E-state index < -0.39 is 17.6 Å². The molecule has 0 radical (unpaired) electrons. The van der Waals surface area contributed by atoms with Crippen LogP contribution in [0.3, 0.4) is 0 Å². The normalized spacial score (nSPS) is 12.5. The molecular weight excluding hydrogens is 415 g/mol. The number of carbonyl (C=O) groups excluding carboxylic acids is 1. The van der Waals surface area contributed by atoms with Gasteiger partial charge in [0, 0.05) is 31.1 Å². The first kappa shape index (κ1) is 28.0. The van der Waals surface area contributed by atoms with Crippen LogP contribution in [-0.4, -0.2) is 32.2 Å². The molecule has 0 saturated heterocycles. The third-order valence-electron chi connectivity index (χ3n) is 3.44. The van der Waals surface area contributed by atoms with E-state index in [1.807, 2.05) is 0 Å². The van der Waals surface area contributed by atoms with Gasteiger partial charge in [0.05, 0.1) is 17.1 Å². The molecule has 0 aliphatic heterocycles. The maximum Gasteiger partial charge on any atom is 0.418 e. The molecule has 5 nitrogen and oxygen atoms in total. The van der Waals surface area contributed by atoms with Gasteiger partial charge < -0.3 is 21.1 Å². The number of amides is 1. The predicted octanol–water partition coefficient (Wildman–Crippen LogP) is 5.62. The highest BCUT2D eigenvalue weighted by Crippen LogP contribution is 2.37. The number of ether oxygens (including phenoxy) is 1. The lowest BCUT2D eigenvalue weighted by Gasteiger charge is -2.17. The number of alkyl halides is 3. The largest absolute Gasteiger partial charge is 0.418 e. The van der Waals surface area contributed by atoms with Crippen molar-refractivity contribution >= 4 is 29.0 Å². The highest BCUT2D eigenvalue weighted by Gasteiger charge is 2.34. The number of hydrogen-bond donors (Lipinski definition) is 3. The van der Waals surface area contributed by atoms with Crippen molar-refractivity contribution in [3.8, 4) is 0 Å². The molecule has 1 aromatic carbocycles. The number of nitrogens with two attached hydrogens (primary N) is 1. The van der Waals surface area contributed by atoms with Gasteiger partial charge in [0.2, 0.25) is 0 Å². The monoisotopic (exact) mass is 447 g/mol. The summed E-state index contributed by atoms with van der Waals surface area (Å²) in [7, 11) is 1.46. The van der Waals surface area contributed by atoms with E-state index in [2.05, 4.69) is 31.1 Å². The average molecular weight is 448 g/mol. The number of allylic oxidation sites excluding steroid dienone is 1. The molecule has 170 valence electrons. The number of carbonyl (C=O) groups is 1. The lowest BCUT2D eigenvalue weighted by atomic mass is 10.1. The van der Waals surface area contributed by atoms with Gasteiger partial charge in [-0.05, 0) is 37.0 Å². The van der Waals surface area contributed by atoms with E-state index in [-0.39, 0.29) is 30.6 Å². The van der Waals surface area contributed by atoms with Crippen LogP contribution >= 0.6 is 11.8 Å². The molecular formula is C21H32F3N3O2S. The standard InChI is InChI=1S/C18H24F3N3O2S.C3H8/c1-5-16(27-12(3)11(2)22)17(25)24-13-6-7-15(23-8-9-26-4)14(10-13)18(19,20)21;1-3-2/h5-7,10-11,23H,3,8-9,22H2,1-2,4H3,(H,24,25);3H2,1-2H3/b16-5-;. The summed E-state index contributed by atoms with van der Waals surface area (Å²) in [6, 6.07) is 3.25. The molecule has 0 aliphatic rings. The SMILES string of the molecule is C=C(S/C(=C\C)C(=O)Nc1ccc(NCCOC)c(C(F)(F)F)c1)C(C)N.CCC. The molecule has 1 atom stereocenters. The Balaban J connectivity index is 0.00000263. The zero-order valence-corrected chi connectivity index (χ0v) is 19.0. The van der Waals surface area contributed by atoms with E-state index in [0.717, 1.165) is 17.8 Å². The summed E-state index contributed by atoms with van der Waals surface area (Å²) in [4.78, 5) is 13.2. The smallest absolute Gasteiger partial charge is 0.383 e. The summed E-state index contributed by atoms with van der Waals surface area (Å²) in [5.41, 5.74) is 4.79. The number of methoxy groups -OCH3 is 1. The fourth-order valence-corrected chi connectivity index (χ4v) is 2.69. The van der Waals surface area contributed by atoms with Crippen LogP contribution in [0.25, 0.3) is 0 Å². The molecule has 0 saturated carbocycles. The van der Waals surface area contributed by atoms with Gasteiger partial charge in [0.25, 0.3) is 5.91 Å². The quantitative estimate of drug-likeness (QED) is 0.339. The second-order valence-electron chi connectivity index (χ2n) is 6.35. The molecule has 30 heavy (non-hydrogen) atoms. The highest BCUT2D eigenvalue weighted by molar-refractivity contribution is 8.07. The van der Waals surface area contributed by atoms with Crippen molar-refractivity contribution in [1.29, 1.82) is 0 Å². The average Bonchev–Trinajstić information content (AvgIpc) is 2.66. The fraction of sp³-hybridized carbons (Fsp3) is 0.476. The van der Waals surface area contributed by atoms with E-state index in [1.165, 1.54) is 25.7 Å². The maximum atomic E-state index is 13.3. The van der Waals surface area contributed by atoms with Crippen LogP contribution in [0.4, 0.5) is 24.5 Å². The Morgan fingerprint density at radius 2 is 1.97 bits per heavy atom. The third kappa shape index (κ3) is 10.2. The summed E-state index contributed by atoms with van der Waals surface area (Å²) in [5.74, 6) is -0.530. The van der Waals surface area contributed by atoms with Crippen molar-refractivity contribution in [3.63, 3.8) is 0 Å². The fourth-order valence-electron chi connectivity index (χ4n) is 1.96. The van der Waals surface area contributed by atoms with Gasteiger partial charge in [-0.3, -0.25) is 4.79 Å². The Labute approximate surface area is 181 Å². The van der Waals surface area contributed by atoms with Crippen LogP contribution in [-0.2, 0) is 15.7 Å². The van der Waals surface area contributed by atoms with Crippen LogP contribution < -0.4 is 16.4 Å². The predicted molar refractivity (Wildman–Crippen MR) is 121 cm³/mol. The summed E-state index contributed by atoms with van der Waals surface area (Å²) in [6.45, 7) is 11.9. The number of hydrogen-bond acceptors (Lipinski definition) is 5. The van der Waals surface area contributed by atoms with Crippen molar-refractivity contribution in [2.45, 2.75) is 46.3 Å². The molecule has 0 aliphatic carbocycles. The first-order valence-electron chi connectivity index (χ1n) is 9.55. The van der Waals surface area contributed by atoms with E-state index >= 15 is 0 Å². The Morgan fingerprint density at radius 1 is 1.37 bits per heavy atom. The summed E-state index contributed by atoms with van der Waals surface area (Å²) in [6.07, 6.45) is -1.77. The van der Waals surface area contributed by atoms with Crippen LogP contribution in [0.1, 0.15) is 39.7 Å². The van der Waals surface area contributed by atoms with Gasteiger partial charge in [-0.2, -0.15) is 13.2 Å². The third-order valence-corrected chi connectivity index (χ3v) is 4.71. The molecule has 9 heteroatoms. The second kappa shape index (κ2) is 14.1. The lowest BCUT2D eigenvalue weighted by Crippen LogP contribution is -2.19. The first-order chi connectivity index (χ1) is 14.0. The number of anilines is 2. The number of benzene rings is 1. The molecule has 0 spiro atoms. The first-order valence-corrected chi connectivity index (χ1v) is 10.4. The van der Waals surface area contributed by atoms with Gasteiger partial charge in [-0.15, -0.1) is 0 Å². The van der Waals surface area contributed by atoms with Crippen molar-refractivity contribution in [2.24, 2.45) is 5.73 Å². The number of halogens is 3. The highest BCUT2D eigenvalue weighted by atomic mass is 32.2. The van der Waals surface area contributed by atoms with Crippen molar-refractivity contribution in [1.82, 2.24) is 0 Å². The summed E-state index contributed by atoms with van der Waals surface area (Å²) < 4.78 is 44.8. The Kier molecular flexibility index (Phi) is 13.2. The van der Waals surface area contributed by atoms with E-state index in [0.29, 0.717) is 9.81 Å². The van der Waals surface area contributed by atoms with Gasteiger partial charge in [0.1, 0.15) is 0 Å². The van der Waals surface area contributed by atoms with E-state index in [9.17, 15) is 18.0 Å². The van der Waals surface area contributed by atoms with Crippen molar-refractivity contribution in [2.75, 3.05) is 30.9 Å². The Hall–Kier alpha value is -1.97. The number of nitrogens with one attached hydrogen (secondary N) is 2. The second-order valence-corrected chi connectivity index (χ2v) is 7.52. The molecule has 0 heterocycles. The lowest BCUT2D eigenvalue weighted by molar-refractivity contribution is -0.137. The van der Waals surface area contributed by atoms with Crippen LogP contribution in [0.2, 0.25) is 0 Å². The molecule has 0 fully saturated rings. The van der Waals surface area contributed by atoms with Gasteiger partial charge in [-0.25, -0.2) is 0 Å². The summed E-state index contributed by atoms with van der Waals surface area (Å²) >= 11 is 1.09. The molecule has 1 amide bonds. The summed E-state index contributed by atoms with van der Waals surface area (Å²) in [5, 5.41) is 5.16.